The topological polar surface area (TPSA) is 84.9 Å². The van der Waals surface area contributed by atoms with E-state index in [1.54, 1.807) is 18.2 Å². The zero-order chi connectivity index (χ0) is 27.4. The van der Waals surface area contributed by atoms with Gasteiger partial charge in [0.1, 0.15) is 13.2 Å². The summed E-state index contributed by atoms with van der Waals surface area (Å²) >= 11 is 9.15. The van der Waals surface area contributed by atoms with Gasteiger partial charge in [0.2, 0.25) is 5.91 Å². The van der Waals surface area contributed by atoms with E-state index in [2.05, 4.69) is 27.9 Å². The van der Waals surface area contributed by atoms with Crippen molar-refractivity contribution in [2.75, 3.05) is 19.0 Å². The summed E-state index contributed by atoms with van der Waals surface area (Å²) in [5.41, 5.74) is 4.11. The Morgan fingerprint density at radius 2 is 1.82 bits per heavy atom. The molecule has 10 heteroatoms. The second-order valence-electron chi connectivity index (χ2n) is 8.61. The van der Waals surface area contributed by atoms with E-state index in [1.807, 2.05) is 56.3 Å². The number of rotatable bonds is 8. The first kappa shape index (κ1) is 28.0. The third-order valence-corrected chi connectivity index (χ3v) is 7.64. The quantitative estimate of drug-likeness (QED) is 0.211. The number of carbonyl (C=O) groups is 3. The Bertz CT molecular complexity index is 1440. The SMILES string of the molecule is COc1cc(/C=C2/SC(=O)N(CC(=O)Nc3cc(C)cc(C)c3)C2=O)cc(I)c1OCc1ccccc1Cl. The van der Waals surface area contributed by atoms with Crippen LogP contribution in [0.2, 0.25) is 5.02 Å². The Balaban J connectivity index is 1.48. The molecular formula is C28H24ClIN2O5S. The van der Waals surface area contributed by atoms with Gasteiger partial charge in [-0.25, -0.2) is 0 Å². The number of anilines is 1. The number of nitrogens with zero attached hydrogens (tertiary/aromatic N) is 1. The molecule has 0 spiro atoms. The standard InChI is InChI=1S/C28H24ClIN2O5S/c1-16-8-17(2)10-20(9-16)31-25(33)14-32-27(34)24(38-28(32)35)13-18-11-22(30)26(23(12-18)36-3)37-15-19-6-4-5-7-21(19)29/h4-13H,14-15H2,1-3H3,(H,31,33)/b24-13+. The molecule has 38 heavy (non-hydrogen) atoms. The van der Waals surface area contributed by atoms with Gasteiger partial charge in [-0.05, 0) is 101 Å². The molecule has 0 aromatic heterocycles. The van der Waals surface area contributed by atoms with E-state index in [4.69, 9.17) is 21.1 Å². The predicted octanol–water partition coefficient (Wildman–Crippen LogP) is 6.82. The molecule has 0 saturated carbocycles. The Morgan fingerprint density at radius 3 is 2.50 bits per heavy atom. The van der Waals surface area contributed by atoms with Crippen LogP contribution in [0.3, 0.4) is 0 Å². The second kappa shape index (κ2) is 12.2. The van der Waals surface area contributed by atoms with Crippen molar-refractivity contribution in [3.8, 4) is 11.5 Å². The van der Waals surface area contributed by atoms with Crippen molar-refractivity contribution in [1.82, 2.24) is 4.90 Å². The van der Waals surface area contributed by atoms with Crippen molar-refractivity contribution >= 4 is 74.8 Å². The normalized spacial score (nSPS) is 14.2. The number of methoxy groups -OCH3 is 1. The number of amides is 3. The Labute approximate surface area is 243 Å². The fourth-order valence-corrected chi connectivity index (χ4v) is 5.72. The Kier molecular flexibility index (Phi) is 9.01. The molecule has 1 aliphatic rings. The van der Waals surface area contributed by atoms with Gasteiger partial charge >= 0.3 is 0 Å². The lowest BCUT2D eigenvalue weighted by Gasteiger charge is -2.14. The van der Waals surface area contributed by atoms with E-state index < -0.39 is 17.1 Å². The fraction of sp³-hybridized carbons (Fsp3) is 0.179. The molecule has 7 nitrogen and oxygen atoms in total. The smallest absolute Gasteiger partial charge is 0.294 e. The monoisotopic (exact) mass is 662 g/mol. The minimum atomic E-state index is -0.524. The lowest BCUT2D eigenvalue weighted by Crippen LogP contribution is -2.36. The number of nitrogens with one attached hydrogen (secondary N) is 1. The molecule has 0 radical (unpaired) electrons. The van der Waals surface area contributed by atoms with E-state index >= 15 is 0 Å². The summed E-state index contributed by atoms with van der Waals surface area (Å²) in [7, 11) is 1.53. The van der Waals surface area contributed by atoms with Crippen LogP contribution in [0, 0.1) is 17.4 Å². The summed E-state index contributed by atoms with van der Waals surface area (Å²) in [5, 5.41) is 2.86. The molecule has 3 aromatic rings. The van der Waals surface area contributed by atoms with Crippen molar-refractivity contribution < 1.29 is 23.9 Å². The van der Waals surface area contributed by atoms with Crippen LogP contribution in [0.5, 0.6) is 11.5 Å². The van der Waals surface area contributed by atoms with E-state index in [9.17, 15) is 14.4 Å². The molecule has 3 amide bonds. The van der Waals surface area contributed by atoms with Crippen molar-refractivity contribution in [2.24, 2.45) is 0 Å². The van der Waals surface area contributed by atoms with Gasteiger partial charge in [-0.3, -0.25) is 19.3 Å². The largest absolute Gasteiger partial charge is 0.493 e. The molecule has 1 N–H and O–H groups in total. The van der Waals surface area contributed by atoms with Crippen molar-refractivity contribution in [2.45, 2.75) is 20.5 Å². The van der Waals surface area contributed by atoms with Crippen LogP contribution in [0.1, 0.15) is 22.3 Å². The van der Waals surface area contributed by atoms with Crippen molar-refractivity contribution in [1.29, 1.82) is 0 Å². The summed E-state index contributed by atoms with van der Waals surface area (Å²) in [4.78, 5) is 39.3. The lowest BCUT2D eigenvalue weighted by molar-refractivity contribution is -0.127. The van der Waals surface area contributed by atoms with Gasteiger partial charge in [0, 0.05) is 16.3 Å². The number of carbonyl (C=O) groups excluding carboxylic acids is 3. The molecule has 0 atom stereocenters. The zero-order valence-electron chi connectivity index (χ0n) is 20.8. The van der Waals surface area contributed by atoms with Crippen molar-refractivity contribution in [3.05, 3.63) is 90.3 Å². The summed E-state index contributed by atoms with van der Waals surface area (Å²) in [5.74, 6) is 0.0435. The van der Waals surface area contributed by atoms with E-state index in [0.717, 1.165) is 36.9 Å². The average molecular weight is 663 g/mol. The lowest BCUT2D eigenvalue weighted by atomic mass is 10.1. The first-order valence-electron chi connectivity index (χ1n) is 11.5. The Morgan fingerprint density at radius 1 is 1.11 bits per heavy atom. The molecule has 1 heterocycles. The van der Waals surface area contributed by atoms with E-state index in [1.165, 1.54) is 7.11 Å². The van der Waals surface area contributed by atoms with Gasteiger partial charge in [-0.15, -0.1) is 0 Å². The number of thioether (sulfide) groups is 1. The molecule has 1 fully saturated rings. The number of aryl methyl sites for hydroxylation is 2. The molecule has 1 aliphatic heterocycles. The first-order valence-corrected chi connectivity index (χ1v) is 13.8. The van der Waals surface area contributed by atoms with Crippen LogP contribution >= 0.6 is 46.0 Å². The van der Waals surface area contributed by atoms with Crippen LogP contribution in [-0.2, 0) is 16.2 Å². The highest BCUT2D eigenvalue weighted by atomic mass is 127. The van der Waals surface area contributed by atoms with E-state index in [0.29, 0.717) is 27.8 Å². The maximum atomic E-state index is 13.0. The Hall–Kier alpha value is -3.02. The maximum Gasteiger partial charge on any atom is 0.294 e. The van der Waals surface area contributed by atoms with Crippen molar-refractivity contribution in [3.63, 3.8) is 0 Å². The number of ether oxygens (including phenoxy) is 2. The summed E-state index contributed by atoms with van der Waals surface area (Å²) in [6.07, 6.45) is 1.61. The third-order valence-electron chi connectivity index (χ3n) is 5.56. The third kappa shape index (κ3) is 6.69. The number of benzene rings is 3. The predicted molar refractivity (Wildman–Crippen MR) is 159 cm³/mol. The van der Waals surface area contributed by atoms with Gasteiger partial charge in [0.15, 0.2) is 11.5 Å². The molecule has 0 aliphatic carbocycles. The minimum absolute atomic E-state index is 0.219. The van der Waals surface area contributed by atoms with E-state index in [-0.39, 0.29) is 18.1 Å². The fourth-order valence-electron chi connectivity index (χ4n) is 3.91. The number of hydrogen-bond acceptors (Lipinski definition) is 6. The van der Waals surface area contributed by atoms with Gasteiger partial charge in [0.05, 0.1) is 15.6 Å². The number of halogens is 2. The molecular weight excluding hydrogens is 639 g/mol. The van der Waals surface area contributed by atoms with Gasteiger partial charge < -0.3 is 14.8 Å². The molecule has 0 bridgehead atoms. The minimum Gasteiger partial charge on any atom is -0.493 e. The number of hydrogen-bond donors (Lipinski definition) is 1. The summed E-state index contributed by atoms with van der Waals surface area (Å²) in [6.45, 7) is 3.74. The molecule has 1 saturated heterocycles. The zero-order valence-corrected chi connectivity index (χ0v) is 24.6. The molecule has 3 aromatic carbocycles. The van der Waals surface area contributed by atoms with Gasteiger partial charge in [0.25, 0.3) is 11.1 Å². The van der Waals surface area contributed by atoms with Crippen LogP contribution in [0.15, 0.2) is 59.5 Å². The van der Waals surface area contributed by atoms with Crippen LogP contribution < -0.4 is 14.8 Å². The van der Waals surface area contributed by atoms with Crippen LogP contribution in [-0.4, -0.2) is 35.6 Å². The van der Waals surface area contributed by atoms with Crippen LogP contribution in [0.25, 0.3) is 6.08 Å². The van der Waals surface area contributed by atoms with Crippen LogP contribution in [0.4, 0.5) is 10.5 Å². The second-order valence-corrected chi connectivity index (χ2v) is 11.2. The average Bonchev–Trinajstić information content (AvgIpc) is 3.10. The highest BCUT2D eigenvalue weighted by molar-refractivity contribution is 14.1. The summed E-state index contributed by atoms with van der Waals surface area (Å²) < 4.78 is 12.3. The van der Waals surface area contributed by atoms with Gasteiger partial charge in [-0.1, -0.05) is 35.9 Å². The highest BCUT2D eigenvalue weighted by Crippen LogP contribution is 2.38. The first-order chi connectivity index (χ1) is 18.1. The maximum absolute atomic E-state index is 13.0. The summed E-state index contributed by atoms with van der Waals surface area (Å²) in [6, 6.07) is 16.6. The molecule has 0 unspecified atom stereocenters. The number of imide groups is 1. The molecule has 196 valence electrons. The highest BCUT2D eigenvalue weighted by Gasteiger charge is 2.36. The van der Waals surface area contributed by atoms with Gasteiger partial charge in [-0.2, -0.15) is 0 Å². The molecule has 4 rings (SSSR count).